The Morgan fingerprint density at radius 3 is 2.69 bits per heavy atom. The smallest absolute Gasteiger partial charge is 0.339 e. The fourth-order valence-corrected chi connectivity index (χ4v) is 3.76. The number of urea groups is 1. The highest BCUT2D eigenvalue weighted by molar-refractivity contribution is 6.00. The van der Waals surface area contributed by atoms with E-state index in [2.05, 4.69) is 15.8 Å². The number of para-hydroxylation sites is 1. The number of amides is 3. The van der Waals surface area contributed by atoms with E-state index in [1.165, 1.54) is 0 Å². The highest BCUT2D eigenvalue weighted by Gasteiger charge is 2.18. The van der Waals surface area contributed by atoms with Crippen LogP contribution in [0.1, 0.15) is 16.7 Å². The van der Waals surface area contributed by atoms with Crippen LogP contribution in [-0.4, -0.2) is 53.9 Å². The lowest BCUT2D eigenvalue weighted by molar-refractivity contribution is -0.135. The van der Waals surface area contributed by atoms with Crippen molar-refractivity contribution in [2.24, 2.45) is 5.10 Å². The van der Waals surface area contributed by atoms with E-state index in [-0.39, 0.29) is 12.5 Å². The van der Waals surface area contributed by atoms with Crippen molar-refractivity contribution in [1.29, 1.82) is 0 Å². The largest absolute Gasteiger partial charge is 0.378 e. The van der Waals surface area contributed by atoms with Crippen molar-refractivity contribution in [2.45, 2.75) is 20.4 Å². The number of hydrogen-bond acceptors (Lipinski definition) is 4. The molecule has 4 rings (SSSR count). The number of fused-ring (bicyclic) bond motifs is 1. The molecule has 0 atom stereocenters. The van der Waals surface area contributed by atoms with E-state index in [1.54, 1.807) is 6.21 Å². The molecule has 32 heavy (non-hydrogen) atoms. The zero-order chi connectivity index (χ0) is 22.5. The van der Waals surface area contributed by atoms with Crippen LogP contribution in [0.25, 0.3) is 10.9 Å². The summed E-state index contributed by atoms with van der Waals surface area (Å²) in [5.74, 6) is 0.0589. The summed E-state index contributed by atoms with van der Waals surface area (Å²) in [5.41, 5.74) is 7.14. The maximum Gasteiger partial charge on any atom is 0.339 e. The second-order valence-electron chi connectivity index (χ2n) is 7.79. The quantitative estimate of drug-likeness (QED) is 0.478. The first kappa shape index (κ1) is 21.6. The van der Waals surface area contributed by atoms with Crippen LogP contribution < -0.4 is 10.7 Å². The van der Waals surface area contributed by atoms with Gasteiger partial charge in [-0.2, -0.15) is 5.10 Å². The van der Waals surface area contributed by atoms with Gasteiger partial charge in [0.1, 0.15) is 6.54 Å². The van der Waals surface area contributed by atoms with Gasteiger partial charge in [0.25, 0.3) is 0 Å². The van der Waals surface area contributed by atoms with Gasteiger partial charge in [0.05, 0.1) is 19.4 Å². The monoisotopic (exact) mass is 433 g/mol. The maximum atomic E-state index is 12.7. The number of carbonyl (C=O) groups excluding carboxylic acids is 2. The summed E-state index contributed by atoms with van der Waals surface area (Å²) >= 11 is 0. The van der Waals surface area contributed by atoms with Crippen molar-refractivity contribution in [3.05, 3.63) is 65.4 Å². The number of ether oxygens (including phenoxy) is 1. The zero-order valence-corrected chi connectivity index (χ0v) is 18.3. The molecule has 1 aliphatic heterocycles. The topological polar surface area (TPSA) is 88.0 Å². The van der Waals surface area contributed by atoms with Crippen molar-refractivity contribution in [3.8, 4) is 0 Å². The first-order chi connectivity index (χ1) is 15.5. The molecule has 8 heteroatoms. The van der Waals surface area contributed by atoms with Crippen LogP contribution in [0.5, 0.6) is 0 Å². The average Bonchev–Trinajstić information content (AvgIpc) is 3.15. The summed E-state index contributed by atoms with van der Waals surface area (Å²) in [6, 6.07) is 13.2. The predicted molar refractivity (Wildman–Crippen MR) is 125 cm³/mol. The van der Waals surface area contributed by atoms with Gasteiger partial charge < -0.3 is 19.5 Å². The molecule has 1 aliphatic rings. The number of nitrogens with zero attached hydrogens (tertiary/aromatic N) is 3. The number of aryl methyl sites for hydroxylation is 1. The second kappa shape index (κ2) is 9.65. The number of rotatable bonds is 5. The lowest BCUT2D eigenvalue weighted by atomic mass is 10.1. The molecule has 3 aromatic rings. The molecule has 2 N–H and O–H groups in total. The van der Waals surface area contributed by atoms with Crippen molar-refractivity contribution in [1.82, 2.24) is 14.9 Å². The lowest BCUT2D eigenvalue weighted by Crippen LogP contribution is -2.42. The third-order valence-electron chi connectivity index (χ3n) is 5.71. The lowest BCUT2D eigenvalue weighted by Gasteiger charge is -2.27. The highest BCUT2D eigenvalue weighted by Crippen LogP contribution is 2.21. The molecule has 1 aromatic heterocycles. The van der Waals surface area contributed by atoms with Gasteiger partial charge in [0.2, 0.25) is 5.91 Å². The summed E-state index contributed by atoms with van der Waals surface area (Å²) in [4.78, 5) is 26.8. The molecular formula is C24H27N5O3. The summed E-state index contributed by atoms with van der Waals surface area (Å²) in [7, 11) is 0. The molecule has 0 saturated carbocycles. The Kier molecular flexibility index (Phi) is 6.51. The Balaban J connectivity index is 1.45. The molecule has 2 heterocycles. The number of nitrogens with one attached hydrogen (secondary N) is 2. The van der Waals surface area contributed by atoms with Crippen molar-refractivity contribution < 1.29 is 14.3 Å². The molecule has 166 valence electrons. The van der Waals surface area contributed by atoms with Crippen molar-refractivity contribution >= 4 is 34.7 Å². The standard InChI is InChI=1S/C24H27N5O3/c1-17-6-5-8-21(18(17)2)26-24(31)27-25-14-19-15-29(22-9-4-3-7-20(19)22)16-23(30)28-10-12-32-13-11-28/h3-9,14-15H,10-13,16H2,1-2H3,(H2,26,27,31)/b25-14-. The van der Waals surface area contributed by atoms with Crippen molar-refractivity contribution in [3.63, 3.8) is 0 Å². The summed E-state index contributed by atoms with van der Waals surface area (Å²) < 4.78 is 7.25. The predicted octanol–water partition coefficient (Wildman–Crippen LogP) is 3.27. The molecule has 0 aliphatic carbocycles. The number of morpholine rings is 1. The van der Waals surface area contributed by atoms with E-state index in [0.717, 1.165) is 33.3 Å². The van der Waals surface area contributed by atoms with Gasteiger partial charge in [-0.1, -0.05) is 30.3 Å². The Bertz CT molecular complexity index is 1160. The van der Waals surface area contributed by atoms with Crippen LogP contribution in [-0.2, 0) is 16.1 Å². The van der Waals surface area contributed by atoms with E-state index in [9.17, 15) is 9.59 Å². The molecule has 0 bridgehead atoms. The SMILES string of the molecule is Cc1cccc(NC(=O)N/N=C\c2cn(CC(=O)N3CCOCC3)c3ccccc23)c1C. The Morgan fingerprint density at radius 1 is 1.09 bits per heavy atom. The molecule has 8 nitrogen and oxygen atoms in total. The number of carbonyl (C=O) groups is 2. The van der Waals surface area contributed by atoms with Crippen LogP contribution in [0.3, 0.4) is 0 Å². The fourth-order valence-electron chi connectivity index (χ4n) is 3.76. The highest BCUT2D eigenvalue weighted by atomic mass is 16.5. The van der Waals surface area contributed by atoms with E-state index in [0.29, 0.717) is 26.3 Å². The van der Waals surface area contributed by atoms with Crippen LogP contribution in [0, 0.1) is 13.8 Å². The molecule has 0 unspecified atom stereocenters. The van der Waals surface area contributed by atoms with Gasteiger partial charge in [-0.25, -0.2) is 10.2 Å². The number of hydrazone groups is 1. The van der Waals surface area contributed by atoms with Gasteiger partial charge in [-0.3, -0.25) is 4.79 Å². The molecule has 3 amide bonds. The minimum Gasteiger partial charge on any atom is -0.378 e. The van der Waals surface area contributed by atoms with Gasteiger partial charge in [0.15, 0.2) is 0 Å². The zero-order valence-electron chi connectivity index (χ0n) is 18.3. The Labute approximate surface area is 186 Å². The Morgan fingerprint density at radius 2 is 1.88 bits per heavy atom. The average molecular weight is 434 g/mol. The van der Waals surface area contributed by atoms with Gasteiger partial charge >= 0.3 is 6.03 Å². The minimum atomic E-state index is -0.416. The number of anilines is 1. The van der Waals surface area contributed by atoms with E-state index < -0.39 is 6.03 Å². The van der Waals surface area contributed by atoms with Gasteiger partial charge in [-0.05, 0) is 37.1 Å². The number of hydrogen-bond donors (Lipinski definition) is 2. The summed E-state index contributed by atoms with van der Waals surface area (Å²) in [6.07, 6.45) is 3.48. The Hall–Kier alpha value is -3.65. The molecule has 1 saturated heterocycles. The number of aromatic nitrogens is 1. The minimum absolute atomic E-state index is 0.0589. The molecular weight excluding hydrogens is 406 g/mol. The maximum absolute atomic E-state index is 12.7. The van der Waals surface area contributed by atoms with Gasteiger partial charge in [-0.15, -0.1) is 0 Å². The van der Waals surface area contributed by atoms with Gasteiger partial charge in [0, 0.05) is 41.4 Å². The normalized spacial score (nSPS) is 14.1. The van der Waals surface area contributed by atoms with Crippen LogP contribution in [0.2, 0.25) is 0 Å². The van der Waals surface area contributed by atoms with Crippen LogP contribution >= 0.6 is 0 Å². The van der Waals surface area contributed by atoms with E-state index in [4.69, 9.17) is 4.74 Å². The number of benzene rings is 2. The summed E-state index contributed by atoms with van der Waals surface area (Å²) in [5, 5.41) is 7.88. The van der Waals surface area contributed by atoms with Crippen molar-refractivity contribution in [2.75, 3.05) is 31.6 Å². The van der Waals surface area contributed by atoms with E-state index >= 15 is 0 Å². The molecule has 1 fully saturated rings. The third kappa shape index (κ3) is 4.81. The van der Waals surface area contributed by atoms with Crippen LogP contribution in [0.15, 0.2) is 53.8 Å². The van der Waals surface area contributed by atoms with E-state index in [1.807, 2.05) is 72.0 Å². The first-order valence-corrected chi connectivity index (χ1v) is 10.6. The molecule has 2 aromatic carbocycles. The molecule has 0 spiro atoms. The fraction of sp³-hybridized carbons (Fsp3) is 0.292. The third-order valence-corrected chi connectivity index (χ3v) is 5.71. The second-order valence-corrected chi connectivity index (χ2v) is 7.79. The first-order valence-electron chi connectivity index (χ1n) is 10.6. The molecule has 0 radical (unpaired) electrons. The van der Waals surface area contributed by atoms with Crippen LogP contribution in [0.4, 0.5) is 10.5 Å². The summed E-state index contributed by atoms with van der Waals surface area (Å²) in [6.45, 7) is 6.58.